The van der Waals surface area contributed by atoms with Gasteiger partial charge in [0.25, 0.3) is 17.1 Å². The highest BCUT2D eigenvalue weighted by Crippen LogP contribution is 2.34. The Bertz CT molecular complexity index is 997. The first-order chi connectivity index (χ1) is 15.0. The summed E-state index contributed by atoms with van der Waals surface area (Å²) in [7, 11) is 1.58. The smallest absolute Gasteiger partial charge is 0.293 e. The van der Waals surface area contributed by atoms with Crippen LogP contribution >= 0.6 is 27.7 Å². The molecule has 0 unspecified atom stereocenters. The van der Waals surface area contributed by atoms with Gasteiger partial charge in [0.2, 0.25) is 0 Å². The number of anilines is 1. The number of halogens is 1. The zero-order chi connectivity index (χ0) is 22.2. The van der Waals surface area contributed by atoms with E-state index >= 15 is 0 Å². The van der Waals surface area contributed by atoms with Crippen LogP contribution in [0.25, 0.3) is 6.08 Å². The fourth-order valence-electron chi connectivity index (χ4n) is 2.80. The van der Waals surface area contributed by atoms with Gasteiger partial charge in [0.05, 0.1) is 9.38 Å². The monoisotopic (exact) mass is 504 g/mol. The molecule has 0 aliphatic carbocycles. The number of carbonyl (C=O) groups excluding carboxylic acids is 3. The Morgan fingerprint density at radius 1 is 1.19 bits per heavy atom. The molecule has 0 aromatic heterocycles. The van der Waals surface area contributed by atoms with Crippen molar-refractivity contribution in [3.63, 3.8) is 0 Å². The van der Waals surface area contributed by atoms with Crippen LogP contribution in [-0.4, -0.2) is 48.8 Å². The lowest BCUT2D eigenvalue weighted by Crippen LogP contribution is -2.29. The highest BCUT2D eigenvalue weighted by Gasteiger charge is 2.34. The van der Waals surface area contributed by atoms with Crippen molar-refractivity contribution >= 4 is 56.5 Å². The number of thioether (sulfide) groups is 1. The minimum Gasteiger partial charge on any atom is -0.483 e. The number of rotatable bonds is 9. The molecule has 1 N–H and O–H groups in total. The molecular weight excluding hydrogens is 484 g/mol. The first-order valence-electron chi connectivity index (χ1n) is 9.49. The van der Waals surface area contributed by atoms with E-state index in [1.165, 1.54) is 4.90 Å². The second-order valence-corrected chi connectivity index (χ2v) is 8.42. The summed E-state index contributed by atoms with van der Waals surface area (Å²) in [6, 6.07) is 14.3. The number of para-hydroxylation sites is 1. The van der Waals surface area contributed by atoms with Gasteiger partial charge in [0.15, 0.2) is 6.61 Å². The van der Waals surface area contributed by atoms with Crippen LogP contribution in [0.2, 0.25) is 0 Å². The van der Waals surface area contributed by atoms with Gasteiger partial charge in [-0.25, -0.2) is 0 Å². The lowest BCUT2D eigenvalue weighted by Gasteiger charge is -2.11. The molecule has 31 heavy (non-hydrogen) atoms. The first kappa shape index (κ1) is 23.1. The maximum Gasteiger partial charge on any atom is 0.293 e. The molecule has 1 heterocycles. The van der Waals surface area contributed by atoms with Crippen molar-refractivity contribution < 1.29 is 23.9 Å². The van der Waals surface area contributed by atoms with Crippen molar-refractivity contribution in [1.82, 2.24) is 4.90 Å². The van der Waals surface area contributed by atoms with Crippen LogP contribution in [0, 0.1) is 0 Å². The van der Waals surface area contributed by atoms with Crippen molar-refractivity contribution in [3.8, 4) is 5.75 Å². The van der Waals surface area contributed by atoms with Crippen molar-refractivity contribution in [3.05, 3.63) is 63.5 Å². The van der Waals surface area contributed by atoms with Crippen LogP contribution in [0.15, 0.2) is 57.9 Å². The molecule has 3 rings (SSSR count). The molecule has 1 fully saturated rings. The molecule has 2 aromatic rings. The molecule has 162 valence electrons. The Balaban J connectivity index is 1.59. The van der Waals surface area contributed by atoms with E-state index in [9.17, 15) is 14.4 Å². The SMILES string of the molecule is COCCCN1C(=O)S/C(=C/c2ccc(OCC(=O)Nc3ccccc3)c(Br)c2)C1=O. The van der Waals surface area contributed by atoms with Crippen LogP contribution in [0.1, 0.15) is 12.0 Å². The number of nitrogens with one attached hydrogen (secondary N) is 1. The predicted octanol–water partition coefficient (Wildman–Crippen LogP) is 4.54. The molecule has 2 aromatic carbocycles. The summed E-state index contributed by atoms with van der Waals surface area (Å²) in [6.45, 7) is 0.670. The molecule has 0 spiro atoms. The van der Waals surface area contributed by atoms with Crippen molar-refractivity contribution in [2.45, 2.75) is 6.42 Å². The van der Waals surface area contributed by atoms with Crippen molar-refractivity contribution in [1.29, 1.82) is 0 Å². The third kappa shape index (κ3) is 6.43. The zero-order valence-corrected chi connectivity index (χ0v) is 19.2. The second kappa shape index (κ2) is 11.1. The maximum atomic E-state index is 12.5. The van der Waals surface area contributed by atoms with Gasteiger partial charge in [0, 0.05) is 25.9 Å². The Hall–Kier alpha value is -2.62. The van der Waals surface area contributed by atoms with Gasteiger partial charge >= 0.3 is 0 Å². The number of benzene rings is 2. The highest BCUT2D eigenvalue weighted by atomic mass is 79.9. The molecule has 9 heteroatoms. The van der Waals surface area contributed by atoms with E-state index in [0.717, 1.165) is 17.3 Å². The second-order valence-electron chi connectivity index (χ2n) is 6.57. The van der Waals surface area contributed by atoms with Gasteiger partial charge < -0.3 is 14.8 Å². The largest absolute Gasteiger partial charge is 0.483 e. The van der Waals surface area contributed by atoms with Gasteiger partial charge in [-0.3, -0.25) is 19.3 Å². The van der Waals surface area contributed by atoms with Crippen molar-refractivity contribution in [2.24, 2.45) is 0 Å². The zero-order valence-electron chi connectivity index (χ0n) is 16.8. The topological polar surface area (TPSA) is 84.9 Å². The molecule has 1 aliphatic rings. The fourth-order valence-corrected chi connectivity index (χ4v) is 4.17. The Labute approximate surface area is 192 Å². The number of hydrogen-bond donors (Lipinski definition) is 1. The summed E-state index contributed by atoms with van der Waals surface area (Å²) in [5.74, 6) is -0.0857. The number of ether oxygens (including phenoxy) is 2. The van der Waals surface area contributed by atoms with Crippen LogP contribution < -0.4 is 10.1 Å². The molecule has 1 saturated heterocycles. The van der Waals surface area contributed by atoms with E-state index < -0.39 is 0 Å². The maximum absolute atomic E-state index is 12.5. The molecule has 0 bridgehead atoms. The van der Waals surface area contributed by atoms with Gasteiger partial charge in [-0.2, -0.15) is 0 Å². The molecule has 0 atom stereocenters. The summed E-state index contributed by atoms with van der Waals surface area (Å²) < 4.78 is 11.2. The number of carbonyl (C=O) groups is 3. The molecule has 0 radical (unpaired) electrons. The summed E-state index contributed by atoms with van der Waals surface area (Å²) in [5.41, 5.74) is 1.43. The molecule has 7 nitrogen and oxygen atoms in total. The highest BCUT2D eigenvalue weighted by molar-refractivity contribution is 9.10. The molecule has 3 amide bonds. The van der Waals surface area contributed by atoms with Gasteiger partial charge in [-0.15, -0.1) is 0 Å². The van der Waals surface area contributed by atoms with Gasteiger partial charge in [0.1, 0.15) is 5.75 Å². The molecular formula is C22H21BrN2O5S. The number of imide groups is 1. The van der Waals surface area contributed by atoms with Crippen LogP contribution in [0.5, 0.6) is 5.75 Å². The first-order valence-corrected chi connectivity index (χ1v) is 11.1. The Kier molecular flexibility index (Phi) is 8.27. The summed E-state index contributed by atoms with van der Waals surface area (Å²) >= 11 is 4.34. The quantitative estimate of drug-likeness (QED) is 0.398. The summed E-state index contributed by atoms with van der Waals surface area (Å²) in [6.07, 6.45) is 2.26. The Morgan fingerprint density at radius 2 is 1.97 bits per heavy atom. The van der Waals surface area contributed by atoms with E-state index in [2.05, 4.69) is 21.2 Å². The summed E-state index contributed by atoms with van der Waals surface area (Å²) in [5, 5.41) is 2.47. The van der Waals surface area contributed by atoms with E-state index in [4.69, 9.17) is 9.47 Å². The molecule has 0 saturated carbocycles. The van der Waals surface area contributed by atoms with Gasteiger partial charge in [-0.05, 0) is 70.0 Å². The van der Waals surface area contributed by atoms with Crippen molar-refractivity contribution in [2.75, 3.05) is 32.2 Å². The van der Waals surface area contributed by atoms with Crippen LogP contribution in [0.4, 0.5) is 10.5 Å². The number of nitrogens with zero attached hydrogens (tertiary/aromatic N) is 1. The van der Waals surface area contributed by atoms with E-state index in [1.807, 2.05) is 18.2 Å². The van der Waals surface area contributed by atoms with Crippen LogP contribution in [-0.2, 0) is 14.3 Å². The standard InChI is InChI=1S/C22H21BrN2O5S/c1-29-11-5-10-25-21(27)19(31-22(25)28)13-15-8-9-18(17(23)12-15)30-14-20(26)24-16-6-3-2-4-7-16/h2-4,6-9,12-13H,5,10-11,14H2,1H3,(H,24,26)/b19-13+. The van der Waals surface area contributed by atoms with Crippen LogP contribution in [0.3, 0.4) is 0 Å². The minimum absolute atomic E-state index is 0.146. The fraction of sp³-hybridized carbons (Fsp3) is 0.227. The third-order valence-electron chi connectivity index (χ3n) is 4.27. The van der Waals surface area contributed by atoms with E-state index in [0.29, 0.717) is 40.4 Å². The lowest BCUT2D eigenvalue weighted by molar-refractivity contribution is -0.123. The molecule has 1 aliphatic heterocycles. The summed E-state index contributed by atoms with van der Waals surface area (Å²) in [4.78, 5) is 38.2. The average molecular weight is 505 g/mol. The number of hydrogen-bond acceptors (Lipinski definition) is 6. The third-order valence-corrected chi connectivity index (χ3v) is 5.80. The van der Waals surface area contributed by atoms with E-state index in [-0.39, 0.29) is 23.7 Å². The van der Waals surface area contributed by atoms with Gasteiger partial charge in [-0.1, -0.05) is 24.3 Å². The van der Waals surface area contributed by atoms with E-state index in [1.54, 1.807) is 43.5 Å². The predicted molar refractivity (Wildman–Crippen MR) is 124 cm³/mol. The Morgan fingerprint density at radius 3 is 2.68 bits per heavy atom. The average Bonchev–Trinajstić information content (AvgIpc) is 3.01. The number of amides is 3. The normalized spacial score (nSPS) is 14.9. The lowest BCUT2D eigenvalue weighted by atomic mass is 10.2. The number of methoxy groups -OCH3 is 1. The minimum atomic E-state index is -0.305.